The van der Waals surface area contributed by atoms with Crippen LogP contribution in [-0.4, -0.2) is 0 Å². The van der Waals surface area contributed by atoms with Crippen LogP contribution in [0.25, 0.3) is 0 Å². The lowest BCUT2D eigenvalue weighted by atomic mass is 10.1. The van der Waals surface area contributed by atoms with Gasteiger partial charge in [-0.15, -0.1) is 11.3 Å². The summed E-state index contributed by atoms with van der Waals surface area (Å²) in [6, 6.07) is 11.8. The van der Waals surface area contributed by atoms with Crippen molar-refractivity contribution in [1.29, 1.82) is 5.26 Å². The maximum atomic E-state index is 8.91. The summed E-state index contributed by atoms with van der Waals surface area (Å²) < 4.78 is 0. The van der Waals surface area contributed by atoms with Crippen molar-refractivity contribution in [2.45, 2.75) is 19.4 Å². The van der Waals surface area contributed by atoms with Gasteiger partial charge in [0.2, 0.25) is 0 Å². The molecule has 4 heteroatoms. The zero-order valence-electron chi connectivity index (χ0n) is 10.2. The van der Waals surface area contributed by atoms with Crippen molar-refractivity contribution in [3.63, 3.8) is 0 Å². The molecule has 3 N–H and O–H groups in total. The van der Waals surface area contributed by atoms with Gasteiger partial charge in [0, 0.05) is 4.88 Å². The fourth-order valence-electron chi connectivity index (χ4n) is 1.80. The molecule has 1 aromatic carbocycles. The molecule has 92 valence electrons. The monoisotopic (exact) mass is 257 g/mol. The van der Waals surface area contributed by atoms with Crippen molar-refractivity contribution >= 4 is 22.7 Å². The van der Waals surface area contributed by atoms with Crippen LogP contribution in [0.15, 0.2) is 35.7 Å². The summed E-state index contributed by atoms with van der Waals surface area (Å²) in [4.78, 5) is 1.28. The normalized spacial score (nSPS) is 11.8. The molecule has 3 nitrogen and oxygen atoms in total. The molecule has 0 radical (unpaired) electrons. The summed E-state index contributed by atoms with van der Waals surface area (Å²) in [5.41, 5.74) is 8.05. The van der Waals surface area contributed by atoms with Crippen molar-refractivity contribution < 1.29 is 0 Å². The van der Waals surface area contributed by atoms with Crippen LogP contribution in [0.3, 0.4) is 0 Å². The molecule has 0 aliphatic carbocycles. The number of hydrogen-bond acceptors (Lipinski definition) is 4. The first-order valence-electron chi connectivity index (χ1n) is 5.84. The Hall–Kier alpha value is -1.99. The predicted octanol–water partition coefficient (Wildman–Crippen LogP) is 3.77. The highest BCUT2D eigenvalue weighted by atomic mass is 32.1. The Morgan fingerprint density at radius 3 is 2.89 bits per heavy atom. The van der Waals surface area contributed by atoms with Gasteiger partial charge in [0.05, 0.1) is 29.0 Å². The Labute approximate surface area is 111 Å². The fourth-order valence-corrected chi connectivity index (χ4v) is 2.66. The number of anilines is 2. The molecular weight excluding hydrogens is 242 g/mol. The van der Waals surface area contributed by atoms with E-state index in [1.807, 2.05) is 6.07 Å². The lowest BCUT2D eigenvalue weighted by molar-refractivity contribution is 0.764. The summed E-state index contributed by atoms with van der Waals surface area (Å²) in [6.45, 7) is 2.13. The van der Waals surface area contributed by atoms with Crippen LogP contribution < -0.4 is 11.1 Å². The molecule has 1 heterocycles. The number of nitrogens with two attached hydrogens (primary N) is 1. The van der Waals surface area contributed by atoms with Crippen LogP contribution in [0.2, 0.25) is 0 Å². The molecule has 0 fully saturated rings. The Morgan fingerprint density at radius 2 is 2.28 bits per heavy atom. The van der Waals surface area contributed by atoms with E-state index in [-0.39, 0.29) is 6.04 Å². The average molecular weight is 257 g/mol. The van der Waals surface area contributed by atoms with Crippen LogP contribution in [0.4, 0.5) is 11.4 Å². The van der Waals surface area contributed by atoms with E-state index < -0.39 is 0 Å². The third-order valence-corrected chi connectivity index (χ3v) is 3.79. The zero-order chi connectivity index (χ0) is 13.0. The summed E-state index contributed by atoms with van der Waals surface area (Å²) in [5, 5.41) is 14.4. The van der Waals surface area contributed by atoms with Crippen molar-refractivity contribution in [1.82, 2.24) is 0 Å². The SMILES string of the molecule is CCC(Nc1cc(C#N)ccc1N)c1cccs1. The maximum Gasteiger partial charge on any atom is 0.0992 e. The first kappa shape index (κ1) is 12.5. The maximum absolute atomic E-state index is 8.91. The number of nitrogens with one attached hydrogen (secondary N) is 1. The van der Waals surface area contributed by atoms with E-state index in [0.717, 1.165) is 12.1 Å². The molecule has 0 saturated heterocycles. The lowest BCUT2D eigenvalue weighted by Gasteiger charge is -2.18. The molecule has 0 amide bonds. The molecule has 2 aromatic rings. The van der Waals surface area contributed by atoms with Crippen molar-refractivity contribution in [3.8, 4) is 6.07 Å². The third kappa shape index (κ3) is 2.63. The second kappa shape index (κ2) is 5.56. The van der Waals surface area contributed by atoms with Crippen LogP contribution in [0, 0.1) is 11.3 Å². The Morgan fingerprint density at radius 1 is 1.44 bits per heavy atom. The van der Waals surface area contributed by atoms with Crippen LogP contribution in [0.5, 0.6) is 0 Å². The number of thiophene rings is 1. The van der Waals surface area contributed by atoms with Gasteiger partial charge in [-0.3, -0.25) is 0 Å². The van der Waals surface area contributed by atoms with E-state index in [2.05, 4.69) is 29.8 Å². The van der Waals surface area contributed by atoms with Crippen molar-refractivity contribution in [2.75, 3.05) is 11.1 Å². The highest BCUT2D eigenvalue weighted by Crippen LogP contribution is 2.29. The van der Waals surface area contributed by atoms with Gasteiger partial charge in [0.15, 0.2) is 0 Å². The molecule has 0 bridgehead atoms. The standard InChI is InChI=1S/C14H15N3S/c1-2-12(14-4-3-7-18-14)17-13-8-10(9-15)5-6-11(13)16/h3-8,12,17H,2,16H2,1H3. The largest absolute Gasteiger partial charge is 0.397 e. The zero-order valence-corrected chi connectivity index (χ0v) is 11.0. The van der Waals surface area contributed by atoms with E-state index in [9.17, 15) is 0 Å². The third-order valence-electron chi connectivity index (χ3n) is 2.81. The predicted molar refractivity (Wildman–Crippen MR) is 76.5 cm³/mol. The van der Waals surface area contributed by atoms with Crippen LogP contribution in [-0.2, 0) is 0 Å². The molecule has 0 aliphatic rings. The topological polar surface area (TPSA) is 61.8 Å². The number of nitrogen functional groups attached to an aromatic ring is 1. The molecule has 18 heavy (non-hydrogen) atoms. The second-order valence-corrected chi connectivity index (χ2v) is 5.01. The van der Waals surface area contributed by atoms with Gasteiger partial charge in [-0.25, -0.2) is 0 Å². The second-order valence-electron chi connectivity index (χ2n) is 4.03. The van der Waals surface area contributed by atoms with Crippen LogP contribution >= 0.6 is 11.3 Å². The first-order valence-corrected chi connectivity index (χ1v) is 6.72. The number of hydrogen-bond donors (Lipinski definition) is 2. The van der Waals surface area contributed by atoms with Gasteiger partial charge in [-0.2, -0.15) is 5.26 Å². The number of benzene rings is 1. The minimum Gasteiger partial charge on any atom is -0.397 e. The molecular formula is C14H15N3S. The lowest BCUT2D eigenvalue weighted by Crippen LogP contribution is -2.09. The quantitative estimate of drug-likeness (QED) is 0.820. The number of nitrogens with zero attached hydrogens (tertiary/aromatic N) is 1. The van der Waals surface area contributed by atoms with E-state index >= 15 is 0 Å². The number of nitriles is 1. The summed E-state index contributed by atoms with van der Waals surface area (Å²) >= 11 is 1.72. The van der Waals surface area contributed by atoms with Gasteiger partial charge in [-0.1, -0.05) is 13.0 Å². The molecule has 2 rings (SSSR count). The summed E-state index contributed by atoms with van der Waals surface area (Å²) in [7, 11) is 0. The molecule has 1 atom stereocenters. The Balaban J connectivity index is 2.25. The van der Waals surface area contributed by atoms with E-state index in [1.165, 1.54) is 4.88 Å². The number of rotatable bonds is 4. The van der Waals surface area contributed by atoms with Crippen molar-refractivity contribution in [2.24, 2.45) is 0 Å². The summed E-state index contributed by atoms with van der Waals surface area (Å²) in [6.07, 6.45) is 0.969. The molecule has 1 unspecified atom stereocenters. The average Bonchev–Trinajstić information content (AvgIpc) is 2.91. The van der Waals surface area contributed by atoms with E-state index in [1.54, 1.807) is 29.5 Å². The fraction of sp³-hybridized carbons (Fsp3) is 0.214. The minimum absolute atomic E-state index is 0.237. The van der Waals surface area contributed by atoms with Gasteiger partial charge in [-0.05, 0) is 36.1 Å². The van der Waals surface area contributed by atoms with E-state index in [0.29, 0.717) is 11.3 Å². The summed E-state index contributed by atoms with van der Waals surface area (Å²) in [5.74, 6) is 0. The van der Waals surface area contributed by atoms with Gasteiger partial charge >= 0.3 is 0 Å². The van der Waals surface area contributed by atoms with Gasteiger partial charge in [0.25, 0.3) is 0 Å². The first-order chi connectivity index (χ1) is 8.74. The molecule has 0 saturated carbocycles. The van der Waals surface area contributed by atoms with Gasteiger partial charge < -0.3 is 11.1 Å². The highest BCUT2D eigenvalue weighted by molar-refractivity contribution is 7.10. The molecule has 0 aliphatic heterocycles. The Kier molecular flexibility index (Phi) is 3.85. The Bertz CT molecular complexity index is 555. The van der Waals surface area contributed by atoms with Gasteiger partial charge in [0.1, 0.15) is 0 Å². The minimum atomic E-state index is 0.237. The molecule has 1 aromatic heterocycles. The molecule has 0 spiro atoms. The van der Waals surface area contributed by atoms with Crippen LogP contribution in [0.1, 0.15) is 29.8 Å². The highest BCUT2D eigenvalue weighted by Gasteiger charge is 2.11. The van der Waals surface area contributed by atoms with E-state index in [4.69, 9.17) is 11.0 Å². The van der Waals surface area contributed by atoms with Crippen molar-refractivity contribution in [3.05, 3.63) is 46.2 Å². The smallest absolute Gasteiger partial charge is 0.0992 e.